The van der Waals surface area contributed by atoms with Gasteiger partial charge in [-0.15, -0.1) is 11.3 Å². The number of carbonyl (C=O) groups is 2. The maximum absolute atomic E-state index is 12.3. The van der Waals surface area contributed by atoms with Gasteiger partial charge in [0.25, 0.3) is 5.91 Å². The van der Waals surface area contributed by atoms with E-state index in [2.05, 4.69) is 28.6 Å². The molecule has 0 saturated carbocycles. The van der Waals surface area contributed by atoms with Gasteiger partial charge in [-0.05, 0) is 29.8 Å². The molecule has 1 heterocycles. The van der Waals surface area contributed by atoms with E-state index in [1.54, 1.807) is 23.5 Å². The van der Waals surface area contributed by atoms with Gasteiger partial charge in [-0.3, -0.25) is 9.59 Å². The van der Waals surface area contributed by atoms with Gasteiger partial charge < -0.3 is 10.6 Å². The molecule has 0 fully saturated rings. The number of amides is 2. The van der Waals surface area contributed by atoms with E-state index in [1.165, 1.54) is 6.92 Å². The second kappa shape index (κ2) is 8.10. The summed E-state index contributed by atoms with van der Waals surface area (Å²) in [5.41, 5.74) is 2.56. The van der Waals surface area contributed by atoms with Crippen molar-refractivity contribution in [2.24, 2.45) is 0 Å². The van der Waals surface area contributed by atoms with Crippen LogP contribution in [0.5, 0.6) is 0 Å². The summed E-state index contributed by atoms with van der Waals surface area (Å²) < 4.78 is 1.16. The number of fused-ring (bicyclic) bond motifs is 1. The molecule has 26 heavy (non-hydrogen) atoms. The van der Waals surface area contributed by atoms with Crippen molar-refractivity contribution in [3.63, 3.8) is 0 Å². The first-order valence-electron chi connectivity index (χ1n) is 8.50. The molecular weight excluding hydrogens is 346 g/mol. The summed E-state index contributed by atoms with van der Waals surface area (Å²) in [7, 11) is 0. The molecule has 2 N–H and O–H groups in total. The standard InChI is InChI=1S/C20H21N3O2S/c1-13(20-23-17-5-3-4-6-18(17)26-20)11-22-19(25)16-9-7-15(8-10-16)12-21-14(2)24/h3-10,13H,11-12H2,1-2H3,(H,21,24)(H,22,25). The first kappa shape index (κ1) is 18.1. The van der Waals surface area contributed by atoms with E-state index >= 15 is 0 Å². The fourth-order valence-electron chi connectivity index (χ4n) is 2.54. The number of benzene rings is 2. The van der Waals surface area contributed by atoms with Gasteiger partial charge in [0.1, 0.15) is 0 Å². The second-order valence-electron chi connectivity index (χ2n) is 6.24. The van der Waals surface area contributed by atoms with Crippen LogP contribution in [0.25, 0.3) is 10.2 Å². The number of para-hydroxylation sites is 1. The summed E-state index contributed by atoms with van der Waals surface area (Å²) in [5, 5.41) is 6.73. The predicted octanol–water partition coefficient (Wildman–Crippen LogP) is 3.47. The van der Waals surface area contributed by atoms with Crippen LogP contribution in [-0.4, -0.2) is 23.3 Å². The molecule has 3 aromatic rings. The lowest BCUT2D eigenvalue weighted by Gasteiger charge is -2.10. The lowest BCUT2D eigenvalue weighted by molar-refractivity contribution is -0.119. The Kier molecular flexibility index (Phi) is 5.63. The molecule has 0 saturated heterocycles. The van der Waals surface area contributed by atoms with Crippen molar-refractivity contribution < 1.29 is 9.59 Å². The molecule has 1 aromatic heterocycles. The minimum absolute atomic E-state index is 0.0735. The summed E-state index contributed by atoms with van der Waals surface area (Å²) in [5.74, 6) is -0.0323. The zero-order chi connectivity index (χ0) is 18.5. The minimum atomic E-state index is -0.107. The number of nitrogens with zero attached hydrogens (tertiary/aromatic N) is 1. The lowest BCUT2D eigenvalue weighted by atomic mass is 10.1. The van der Waals surface area contributed by atoms with Crippen LogP contribution < -0.4 is 10.6 Å². The Morgan fingerprint density at radius 2 is 1.81 bits per heavy atom. The summed E-state index contributed by atoms with van der Waals surface area (Å²) >= 11 is 1.67. The monoisotopic (exact) mass is 367 g/mol. The Labute approximate surface area is 156 Å². The van der Waals surface area contributed by atoms with Crippen LogP contribution in [0, 0.1) is 0 Å². The van der Waals surface area contributed by atoms with E-state index in [9.17, 15) is 9.59 Å². The molecule has 0 aliphatic carbocycles. The highest BCUT2D eigenvalue weighted by Crippen LogP contribution is 2.26. The van der Waals surface area contributed by atoms with Crippen LogP contribution >= 0.6 is 11.3 Å². The van der Waals surface area contributed by atoms with E-state index in [1.807, 2.05) is 30.3 Å². The number of rotatable bonds is 6. The largest absolute Gasteiger partial charge is 0.352 e. The highest BCUT2D eigenvalue weighted by atomic mass is 32.1. The topological polar surface area (TPSA) is 71.1 Å². The molecular formula is C20H21N3O2S. The van der Waals surface area contributed by atoms with Crippen molar-refractivity contribution in [1.29, 1.82) is 0 Å². The van der Waals surface area contributed by atoms with E-state index in [0.29, 0.717) is 18.7 Å². The molecule has 5 nitrogen and oxygen atoms in total. The van der Waals surface area contributed by atoms with Gasteiger partial charge in [-0.1, -0.05) is 31.2 Å². The Bertz CT molecular complexity index is 885. The van der Waals surface area contributed by atoms with Gasteiger partial charge in [-0.2, -0.15) is 0 Å². The van der Waals surface area contributed by atoms with E-state index in [-0.39, 0.29) is 17.7 Å². The van der Waals surface area contributed by atoms with Crippen molar-refractivity contribution in [2.75, 3.05) is 6.54 Å². The molecule has 1 atom stereocenters. The quantitative estimate of drug-likeness (QED) is 0.701. The second-order valence-corrected chi connectivity index (χ2v) is 7.30. The smallest absolute Gasteiger partial charge is 0.251 e. The third-order valence-electron chi connectivity index (χ3n) is 4.06. The molecule has 0 radical (unpaired) electrons. The Morgan fingerprint density at radius 3 is 2.50 bits per heavy atom. The summed E-state index contributed by atoms with van der Waals surface area (Å²) in [6.45, 7) is 4.54. The highest BCUT2D eigenvalue weighted by molar-refractivity contribution is 7.18. The Morgan fingerprint density at radius 1 is 1.08 bits per heavy atom. The predicted molar refractivity (Wildman–Crippen MR) is 104 cm³/mol. The third-order valence-corrected chi connectivity index (χ3v) is 5.33. The minimum Gasteiger partial charge on any atom is -0.352 e. The number of aromatic nitrogens is 1. The van der Waals surface area contributed by atoms with Gasteiger partial charge in [0.05, 0.1) is 15.2 Å². The van der Waals surface area contributed by atoms with Gasteiger partial charge >= 0.3 is 0 Å². The molecule has 134 valence electrons. The van der Waals surface area contributed by atoms with Gasteiger partial charge in [0.15, 0.2) is 0 Å². The van der Waals surface area contributed by atoms with Crippen molar-refractivity contribution in [3.05, 3.63) is 64.7 Å². The average molecular weight is 367 g/mol. The summed E-state index contributed by atoms with van der Waals surface area (Å²) in [6, 6.07) is 15.3. The van der Waals surface area contributed by atoms with Crippen LogP contribution in [-0.2, 0) is 11.3 Å². The lowest BCUT2D eigenvalue weighted by Crippen LogP contribution is -2.27. The van der Waals surface area contributed by atoms with Crippen LogP contribution in [0.15, 0.2) is 48.5 Å². The SMILES string of the molecule is CC(=O)NCc1ccc(C(=O)NCC(C)c2nc3ccccc3s2)cc1. The summed E-state index contributed by atoms with van der Waals surface area (Å²) in [6.07, 6.45) is 0. The molecule has 0 bridgehead atoms. The van der Waals surface area contributed by atoms with Crippen LogP contribution in [0.3, 0.4) is 0 Å². The van der Waals surface area contributed by atoms with Crippen molar-refractivity contribution in [2.45, 2.75) is 26.3 Å². The fraction of sp³-hybridized carbons (Fsp3) is 0.250. The fourth-order valence-corrected chi connectivity index (χ4v) is 3.56. The van der Waals surface area contributed by atoms with Crippen molar-refractivity contribution in [3.8, 4) is 0 Å². The van der Waals surface area contributed by atoms with Crippen LogP contribution in [0.4, 0.5) is 0 Å². The van der Waals surface area contributed by atoms with E-state index < -0.39 is 0 Å². The summed E-state index contributed by atoms with van der Waals surface area (Å²) in [4.78, 5) is 27.9. The number of nitrogens with one attached hydrogen (secondary N) is 2. The van der Waals surface area contributed by atoms with Gasteiger partial charge in [0, 0.05) is 31.5 Å². The number of hydrogen-bond acceptors (Lipinski definition) is 4. The molecule has 1 unspecified atom stereocenters. The Hall–Kier alpha value is -2.73. The zero-order valence-corrected chi connectivity index (χ0v) is 15.6. The number of thiazole rings is 1. The molecule has 3 rings (SSSR count). The number of hydrogen-bond donors (Lipinski definition) is 2. The highest BCUT2D eigenvalue weighted by Gasteiger charge is 2.13. The van der Waals surface area contributed by atoms with Crippen molar-refractivity contribution >= 4 is 33.4 Å². The molecule has 2 aromatic carbocycles. The normalized spacial score (nSPS) is 11.9. The number of carbonyl (C=O) groups excluding carboxylic acids is 2. The van der Waals surface area contributed by atoms with E-state index in [4.69, 9.17) is 0 Å². The average Bonchev–Trinajstić information content (AvgIpc) is 3.09. The molecule has 6 heteroatoms. The maximum Gasteiger partial charge on any atom is 0.251 e. The maximum atomic E-state index is 12.3. The van der Waals surface area contributed by atoms with Crippen LogP contribution in [0.2, 0.25) is 0 Å². The van der Waals surface area contributed by atoms with Gasteiger partial charge in [0.2, 0.25) is 5.91 Å². The molecule has 0 spiro atoms. The Balaban J connectivity index is 1.56. The molecule has 0 aliphatic rings. The van der Waals surface area contributed by atoms with E-state index in [0.717, 1.165) is 20.8 Å². The first-order chi connectivity index (χ1) is 12.5. The molecule has 2 amide bonds. The third kappa shape index (κ3) is 4.46. The first-order valence-corrected chi connectivity index (χ1v) is 9.31. The molecule has 0 aliphatic heterocycles. The van der Waals surface area contributed by atoms with Gasteiger partial charge in [-0.25, -0.2) is 4.98 Å². The zero-order valence-electron chi connectivity index (χ0n) is 14.8. The van der Waals surface area contributed by atoms with Crippen LogP contribution in [0.1, 0.15) is 40.7 Å². The van der Waals surface area contributed by atoms with Crippen molar-refractivity contribution in [1.82, 2.24) is 15.6 Å².